The Bertz CT molecular complexity index is 1140. The predicted molar refractivity (Wildman–Crippen MR) is 115 cm³/mol. The fourth-order valence-electron chi connectivity index (χ4n) is 3.59. The molecular formula is C21H25N5O3S. The second-order valence-corrected chi connectivity index (χ2v) is 9.68. The molecule has 2 aromatic rings. The van der Waals surface area contributed by atoms with Gasteiger partial charge in [0.15, 0.2) is 11.5 Å². The third kappa shape index (κ3) is 5.14. The van der Waals surface area contributed by atoms with E-state index in [0.717, 1.165) is 48.6 Å². The Morgan fingerprint density at radius 2 is 2.07 bits per heavy atom. The number of carbonyl (C=O) groups excluding carboxylic acids is 1. The number of benzene rings is 1. The van der Waals surface area contributed by atoms with Crippen molar-refractivity contribution >= 4 is 27.2 Å². The second-order valence-electron chi connectivity index (χ2n) is 7.93. The zero-order valence-corrected chi connectivity index (χ0v) is 18.1. The van der Waals surface area contributed by atoms with Gasteiger partial charge in [-0.25, -0.2) is 18.1 Å². The molecule has 0 radical (unpaired) electrons. The summed E-state index contributed by atoms with van der Waals surface area (Å²) in [6.07, 6.45) is 8.69. The minimum absolute atomic E-state index is 0.0540. The van der Waals surface area contributed by atoms with Crippen molar-refractivity contribution in [2.45, 2.75) is 45.1 Å². The van der Waals surface area contributed by atoms with Crippen LogP contribution in [0.1, 0.15) is 67.0 Å². The molecule has 1 aromatic heterocycles. The van der Waals surface area contributed by atoms with Crippen LogP contribution in [0.15, 0.2) is 30.5 Å². The van der Waals surface area contributed by atoms with E-state index in [1.54, 1.807) is 26.0 Å². The Kier molecular flexibility index (Phi) is 6.10. The summed E-state index contributed by atoms with van der Waals surface area (Å²) < 4.78 is 26.2. The van der Waals surface area contributed by atoms with Gasteiger partial charge in [0.2, 0.25) is 10.0 Å². The minimum atomic E-state index is -3.41. The lowest BCUT2D eigenvalue weighted by Crippen LogP contribution is -2.40. The van der Waals surface area contributed by atoms with Crippen LogP contribution in [-0.2, 0) is 15.6 Å². The molecule has 0 saturated carbocycles. The van der Waals surface area contributed by atoms with Crippen molar-refractivity contribution < 1.29 is 13.2 Å². The van der Waals surface area contributed by atoms with E-state index in [4.69, 9.17) is 5.26 Å². The molecule has 30 heavy (non-hydrogen) atoms. The smallest absolute Gasteiger partial charge is 0.291 e. The predicted octanol–water partition coefficient (Wildman–Crippen LogP) is 3.28. The summed E-state index contributed by atoms with van der Waals surface area (Å²) in [6, 6.07) is 7.38. The van der Waals surface area contributed by atoms with E-state index in [2.05, 4.69) is 26.1 Å². The number of allylic oxidation sites excluding steroid dienone is 2. The maximum absolute atomic E-state index is 12.6. The number of amides is 1. The number of aromatic amines is 1. The quantitative estimate of drug-likeness (QED) is 0.652. The van der Waals surface area contributed by atoms with Crippen molar-refractivity contribution in [2.75, 3.05) is 11.6 Å². The SMILES string of the molecule is CC(C)(NS(C)(=O)=O)c1ccc(NC(=O)c2nc(C#N)c[nH]2)c(C2=CCCCC2)c1. The molecule has 158 valence electrons. The molecule has 0 aliphatic heterocycles. The van der Waals surface area contributed by atoms with E-state index in [1.807, 2.05) is 12.1 Å². The maximum atomic E-state index is 12.6. The molecule has 0 atom stereocenters. The fraction of sp³-hybridized carbons (Fsp3) is 0.381. The summed E-state index contributed by atoms with van der Waals surface area (Å²) in [4.78, 5) is 19.3. The van der Waals surface area contributed by atoms with E-state index >= 15 is 0 Å². The molecule has 9 heteroatoms. The zero-order valence-electron chi connectivity index (χ0n) is 17.2. The van der Waals surface area contributed by atoms with Crippen molar-refractivity contribution in [3.05, 3.63) is 53.1 Å². The van der Waals surface area contributed by atoms with Gasteiger partial charge in [-0.1, -0.05) is 12.1 Å². The summed E-state index contributed by atoms with van der Waals surface area (Å²) in [7, 11) is -3.41. The third-order valence-corrected chi connectivity index (χ3v) is 5.86. The summed E-state index contributed by atoms with van der Waals surface area (Å²) in [5.41, 5.74) is 2.70. The van der Waals surface area contributed by atoms with E-state index in [-0.39, 0.29) is 11.5 Å². The molecular weight excluding hydrogens is 402 g/mol. The first kappa shape index (κ1) is 21.7. The van der Waals surface area contributed by atoms with Gasteiger partial charge in [-0.2, -0.15) is 5.26 Å². The van der Waals surface area contributed by atoms with E-state index in [0.29, 0.717) is 5.69 Å². The lowest BCUT2D eigenvalue weighted by molar-refractivity contribution is 0.101. The van der Waals surface area contributed by atoms with Crippen molar-refractivity contribution in [1.29, 1.82) is 5.26 Å². The van der Waals surface area contributed by atoms with Gasteiger partial charge in [-0.05, 0) is 62.8 Å². The molecule has 0 unspecified atom stereocenters. The molecule has 0 fully saturated rings. The van der Waals surface area contributed by atoms with Gasteiger partial charge in [0.25, 0.3) is 5.91 Å². The number of hydrogen-bond donors (Lipinski definition) is 3. The van der Waals surface area contributed by atoms with Crippen molar-refractivity contribution in [2.24, 2.45) is 0 Å². The summed E-state index contributed by atoms with van der Waals surface area (Å²) in [6.45, 7) is 3.60. The molecule has 0 saturated heterocycles. The van der Waals surface area contributed by atoms with E-state index in [1.165, 1.54) is 6.20 Å². The van der Waals surface area contributed by atoms with Crippen LogP contribution in [0, 0.1) is 11.3 Å². The van der Waals surface area contributed by atoms with Crippen LogP contribution in [0.3, 0.4) is 0 Å². The second kappa shape index (κ2) is 8.42. The number of anilines is 1. The maximum Gasteiger partial charge on any atom is 0.291 e. The average Bonchev–Trinajstić information content (AvgIpc) is 3.16. The third-order valence-electron chi connectivity index (χ3n) is 4.97. The van der Waals surface area contributed by atoms with Gasteiger partial charge in [-0.3, -0.25) is 4.79 Å². The number of H-pyrrole nitrogens is 1. The first-order valence-electron chi connectivity index (χ1n) is 9.69. The highest BCUT2D eigenvalue weighted by Crippen LogP contribution is 2.35. The number of imidazole rings is 1. The molecule has 1 aliphatic carbocycles. The van der Waals surface area contributed by atoms with Gasteiger partial charge in [0.1, 0.15) is 6.07 Å². The van der Waals surface area contributed by atoms with Crippen LogP contribution in [0.4, 0.5) is 5.69 Å². The number of nitriles is 1. The number of nitrogens with one attached hydrogen (secondary N) is 3. The Hall–Kier alpha value is -2.96. The van der Waals surface area contributed by atoms with Gasteiger partial charge in [0, 0.05) is 17.4 Å². The monoisotopic (exact) mass is 427 g/mol. The molecule has 1 aromatic carbocycles. The molecule has 0 bridgehead atoms. The lowest BCUT2D eigenvalue weighted by Gasteiger charge is -2.27. The topological polar surface area (TPSA) is 128 Å². The highest BCUT2D eigenvalue weighted by Gasteiger charge is 2.26. The van der Waals surface area contributed by atoms with E-state index in [9.17, 15) is 13.2 Å². The molecule has 3 N–H and O–H groups in total. The summed E-state index contributed by atoms with van der Waals surface area (Å²) >= 11 is 0. The number of carbonyl (C=O) groups is 1. The first-order chi connectivity index (χ1) is 14.1. The molecule has 1 amide bonds. The Labute approximate surface area is 176 Å². The van der Waals surface area contributed by atoms with Crippen LogP contribution in [0.2, 0.25) is 0 Å². The molecule has 1 heterocycles. The van der Waals surface area contributed by atoms with Crippen molar-refractivity contribution in [3.63, 3.8) is 0 Å². The van der Waals surface area contributed by atoms with Crippen molar-refractivity contribution in [1.82, 2.24) is 14.7 Å². The fourth-order valence-corrected chi connectivity index (χ4v) is 4.63. The lowest BCUT2D eigenvalue weighted by atomic mass is 9.87. The van der Waals surface area contributed by atoms with Crippen LogP contribution in [-0.4, -0.2) is 30.5 Å². The van der Waals surface area contributed by atoms with Gasteiger partial charge in [0.05, 0.1) is 11.8 Å². The number of hydrogen-bond acceptors (Lipinski definition) is 5. The van der Waals surface area contributed by atoms with Gasteiger partial charge >= 0.3 is 0 Å². The Morgan fingerprint density at radius 3 is 2.67 bits per heavy atom. The van der Waals surface area contributed by atoms with Gasteiger partial charge in [-0.15, -0.1) is 0 Å². The first-order valence-corrected chi connectivity index (χ1v) is 11.6. The average molecular weight is 428 g/mol. The van der Waals surface area contributed by atoms with Crippen LogP contribution in [0.5, 0.6) is 0 Å². The Balaban J connectivity index is 1.99. The summed E-state index contributed by atoms with van der Waals surface area (Å²) in [5, 5.41) is 11.8. The van der Waals surface area contributed by atoms with E-state index < -0.39 is 21.5 Å². The Morgan fingerprint density at radius 1 is 1.30 bits per heavy atom. The standard InChI is InChI=1S/C21H25N5O3S/c1-21(2,26-30(3,28)29)15-9-10-18(17(11-15)14-7-5-4-6-8-14)25-20(27)19-23-13-16(12-22)24-19/h7,9-11,13,26H,4-6,8H2,1-3H3,(H,23,24)(H,25,27). The highest BCUT2D eigenvalue weighted by atomic mass is 32.2. The van der Waals surface area contributed by atoms with Crippen LogP contribution < -0.4 is 10.0 Å². The molecule has 3 rings (SSSR count). The number of aromatic nitrogens is 2. The molecule has 1 aliphatic rings. The minimum Gasteiger partial charge on any atom is -0.339 e. The molecule has 8 nitrogen and oxygen atoms in total. The normalized spacial score (nSPS) is 14.7. The van der Waals surface area contributed by atoms with Crippen molar-refractivity contribution in [3.8, 4) is 6.07 Å². The zero-order chi connectivity index (χ0) is 21.9. The summed E-state index contributed by atoms with van der Waals surface area (Å²) in [5.74, 6) is -0.395. The number of nitrogens with zero attached hydrogens (tertiary/aromatic N) is 2. The number of rotatable bonds is 6. The van der Waals surface area contributed by atoms with Gasteiger partial charge < -0.3 is 10.3 Å². The number of sulfonamides is 1. The largest absolute Gasteiger partial charge is 0.339 e. The van der Waals surface area contributed by atoms with Crippen LogP contribution >= 0.6 is 0 Å². The van der Waals surface area contributed by atoms with Crippen LogP contribution in [0.25, 0.3) is 5.57 Å². The molecule has 0 spiro atoms. The highest BCUT2D eigenvalue weighted by molar-refractivity contribution is 7.88.